The molecule has 0 fully saturated rings. The Morgan fingerprint density at radius 3 is 2.88 bits per heavy atom. The van der Waals surface area contributed by atoms with Crippen molar-refractivity contribution in [2.24, 2.45) is 5.92 Å². The van der Waals surface area contributed by atoms with E-state index in [4.69, 9.17) is 0 Å². The highest BCUT2D eigenvalue weighted by molar-refractivity contribution is 9.10. The number of phenols is 1. The minimum Gasteiger partial charge on any atom is -0.508 e. The largest absolute Gasteiger partial charge is 0.508 e. The average molecular weight is 399 g/mol. The van der Waals surface area contributed by atoms with Crippen molar-refractivity contribution in [2.75, 3.05) is 10.6 Å². The van der Waals surface area contributed by atoms with E-state index in [-0.39, 0.29) is 17.9 Å². The normalized spacial score (nSPS) is 23.5. The molecule has 2 aromatic carbocycles. The summed E-state index contributed by atoms with van der Waals surface area (Å²) in [5.74, 6) is 0.845. The molecule has 3 unspecified atom stereocenters. The third-order valence-electron chi connectivity index (χ3n) is 5.01. The van der Waals surface area contributed by atoms with Crippen LogP contribution >= 0.6 is 15.9 Å². The van der Waals surface area contributed by atoms with Crippen LogP contribution in [0.4, 0.5) is 11.4 Å². The fourth-order valence-electron chi connectivity index (χ4n) is 3.96. The molecule has 3 N–H and O–H groups in total. The number of phenolic OH excluding ortho intramolecular Hbond substituents is 1. The molecular weight excluding hydrogens is 380 g/mol. The molecule has 3 atom stereocenters. The van der Waals surface area contributed by atoms with Gasteiger partial charge in [0.1, 0.15) is 5.75 Å². The van der Waals surface area contributed by atoms with Gasteiger partial charge in [-0.1, -0.05) is 28.1 Å². The van der Waals surface area contributed by atoms with Crippen LogP contribution in [0, 0.1) is 5.92 Å². The molecule has 0 aromatic heterocycles. The standard InChI is InChI=1S/C20H19BrN2O2/c1-11(24)22-13-6-7-18-16(10-13)14-3-2-4-15(14)20(23-18)17-9-12(21)5-8-19(17)25/h2-3,5-10,14-15,20,23,25H,4H2,1H3,(H,22,24). The maximum absolute atomic E-state index is 11.3. The number of nitrogens with one attached hydrogen (secondary N) is 2. The van der Waals surface area contributed by atoms with Crippen molar-refractivity contribution < 1.29 is 9.90 Å². The van der Waals surface area contributed by atoms with E-state index >= 15 is 0 Å². The quantitative estimate of drug-likeness (QED) is 0.627. The van der Waals surface area contributed by atoms with Gasteiger partial charge in [-0.3, -0.25) is 4.79 Å². The second-order valence-corrected chi connectivity index (χ2v) is 7.58. The van der Waals surface area contributed by atoms with Gasteiger partial charge < -0.3 is 15.7 Å². The van der Waals surface area contributed by atoms with Gasteiger partial charge in [-0.05, 0) is 54.3 Å². The fourth-order valence-corrected chi connectivity index (χ4v) is 4.34. The smallest absolute Gasteiger partial charge is 0.221 e. The molecule has 0 bridgehead atoms. The minimum absolute atomic E-state index is 0.0385. The van der Waals surface area contributed by atoms with Gasteiger partial charge in [0.2, 0.25) is 5.91 Å². The van der Waals surface area contributed by atoms with Gasteiger partial charge in [0.05, 0.1) is 6.04 Å². The molecule has 1 aliphatic carbocycles. The molecule has 1 aliphatic heterocycles. The first-order valence-electron chi connectivity index (χ1n) is 8.36. The molecule has 1 heterocycles. The first-order chi connectivity index (χ1) is 12.0. The van der Waals surface area contributed by atoms with Crippen LogP contribution < -0.4 is 10.6 Å². The monoisotopic (exact) mass is 398 g/mol. The number of benzene rings is 2. The van der Waals surface area contributed by atoms with Gasteiger partial charge in [0.15, 0.2) is 0 Å². The summed E-state index contributed by atoms with van der Waals surface area (Å²) in [5, 5.41) is 16.8. The number of aromatic hydroxyl groups is 1. The average Bonchev–Trinajstić information content (AvgIpc) is 3.06. The van der Waals surface area contributed by atoms with Gasteiger partial charge in [0.25, 0.3) is 0 Å². The highest BCUT2D eigenvalue weighted by Crippen LogP contribution is 2.51. The lowest BCUT2D eigenvalue weighted by Gasteiger charge is -2.38. The van der Waals surface area contributed by atoms with Gasteiger partial charge in [-0.2, -0.15) is 0 Å². The van der Waals surface area contributed by atoms with Gasteiger partial charge in [-0.25, -0.2) is 0 Å². The number of hydrogen-bond donors (Lipinski definition) is 3. The van der Waals surface area contributed by atoms with Crippen LogP contribution in [0.15, 0.2) is 53.0 Å². The number of allylic oxidation sites excluding steroid dienone is 2. The van der Waals surface area contributed by atoms with E-state index in [9.17, 15) is 9.90 Å². The summed E-state index contributed by atoms with van der Waals surface area (Å²) in [6.07, 6.45) is 5.40. The highest BCUT2D eigenvalue weighted by Gasteiger charge is 2.39. The van der Waals surface area contributed by atoms with Crippen LogP contribution in [0.3, 0.4) is 0 Å². The lowest BCUT2D eigenvalue weighted by atomic mass is 9.76. The van der Waals surface area contributed by atoms with Crippen molar-refractivity contribution in [3.8, 4) is 5.75 Å². The van der Waals surface area contributed by atoms with Crippen molar-refractivity contribution in [1.82, 2.24) is 0 Å². The van der Waals surface area contributed by atoms with Crippen molar-refractivity contribution in [3.63, 3.8) is 0 Å². The third-order valence-corrected chi connectivity index (χ3v) is 5.50. The molecule has 0 spiro atoms. The van der Waals surface area contributed by atoms with E-state index in [0.29, 0.717) is 11.7 Å². The highest BCUT2D eigenvalue weighted by atomic mass is 79.9. The van der Waals surface area contributed by atoms with Crippen molar-refractivity contribution in [1.29, 1.82) is 0 Å². The molecular formula is C20H19BrN2O2. The molecule has 25 heavy (non-hydrogen) atoms. The molecule has 4 rings (SSSR count). The Morgan fingerprint density at radius 2 is 2.08 bits per heavy atom. The zero-order valence-electron chi connectivity index (χ0n) is 13.8. The maximum Gasteiger partial charge on any atom is 0.221 e. The number of carbonyl (C=O) groups is 1. The summed E-state index contributed by atoms with van der Waals surface area (Å²) in [7, 11) is 0. The molecule has 0 saturated carbocycles. The SMILES string of the molecule is CC(=O)Nc1ccc2c(c1)C1C=CCC1C(c1cc(Br)ccc1O)N2. The van der Waals surface area contributed by atoms with Crippen LogP contribution in [0.25, 0.3) is 0 Å². The lowest BCUT2D eigenvalue weighted by Crippen LogP contribution is -2.29. The second kappa shape index (κ2) is 6.23. The maximum atomic E-state index is 11.3. The summed E-state index contributed by atoms with van der Waals surface area (Å²) < 4.78 is 0.955. The Hall–Kier alpha value is -2.27. The van der Waals surface area contributed by atoms with Crippen LogP contribution in [0.1, 0.15) is 36.4 Å². The van der Waals surface area contributed by atoms with Crippen LogP contribution in [-0.2, 0) is 4.79 Å². The predicted octanol–water partition coefficient (Wildman–Crippen LogP) is 4.94. The third kappa shape index (κ3) is 2.93. The topological polar surface area (TPSA) is 61.4 Å². The summed E-state index contributed by atoms with van der Waals surface area (Å²) in [6, 6.07) is 11.6. The number of rotatable bonds is 2. The Morgan fingerprint density at radius 1 is 1.24 bits per heavy atom. The summed E-state index contributed by atoms with van der Waals surface area (Å²) in [6.45, 7) is 1.52. The second-order valence-electron chi connectivity index (χ2n) is 6.66. The summed E-state index contributed by atoms with van der Waals surface area (Å²) in [4.78, 5) is 11.3. The van der Waals surface area contributed by atoms with E-state index in [2.05, 4.69) is 38.7 Å². The Balaban J connectivity index is 1.76. The number of amides is 1. The Bertz CT molecular complexity index is 878. The van der Waals surface area contributed by atoms with Gasteiger partial charge >= 0.3 is 0 Å². The van der Waals surface area contributed by atoms with Crippen LogP contribution in [0.2, 0.25) is 0 Å². The minimum atomic E-state index is -0.0702. The van der Waals surface area contributed by atoms with E-state index < -0.39 is 0 Å². The molecule has 0 radical (unpaired) electrons. The summed E-state index contributed by atoms with van der Waals surface area (Å²) >= 11 is 3.50. The van der Waals surface area contributed by atoms with Crippen LogP contribution in [-0.4, -0.2) is 11.0 Å². The van der Waals surface area contributed by atoms with E-state index in [0.717, 1.165) is 27.8 Å². The van der Waals surface area contributed by atoms with E-state index in [1.165, 1.54) is 12.5 Å². The number of fused-ring (bicyclic) bond motifs is 3. The number of carbonyl (C=O) groups excluding carboxylic acids is 1. The predicted molar refractivity (Wildman–Crippen MR) is 103 cm³/mol. The zero-order valence-corrected chi connectivity index (χ0v) is 15.4. The Kier molecular flexibility index (Phi) is 4.04. The molecule has 2 aromatic rings. The zero-order chi connectivity index (χ0) is 17.6. The number of hydrogen-bond acceptors (Lipinski definition) is 3. The molecule has 4 nitrogen and oxygen atoms in total. The Labute approximate surface area is 155 Å². The summed E-state index contributed by atoms with van der Waals surface area (Å²) in [5.41, 5.74) is 3.96. The van der Waals surface area contributed by atoms with Gasteiger partial charge in [-0.15, -0.1) is 0 Å². The van der Waals surface area contributed by atoms with Crippen molar-refractivity contribution in [2.45, 2.75) is 25.3 Å². The lowest BCUT2D eigenvalue weighted by molar-refractivity contribution is -0.114. The molecule has 128 valence electrons. The molecule has 0 saturated heterocycles. The van der Waals surface area contributed by atoms with Crippen LogP contribution in [0.5, 0.6) is 5.75 Å². The molecule has 2 aliphatic rings. The van der Waals surface area contributed by atoms with Gasteiger partial charge in [0, 0.05) is 34.3 Å². The number of anilines is 2. The van der Waals surface area contributed by atoms with Crippen molar-refractivity contribution in [3.05, 3.63) is 64.1 Å². The van der Waals surface area contributed by atoms with Crippen molar-refractivity contribution >= 4 is 33.2 Å². The molecule has 1 amide bonds. The number of halogens is 1. The first-order valence-corrected chi connectivity index (χ1v) is 9.15. The fraction of sp³-hybridized carbons (Fsp3) is 0.250. The van der Waals surface area contributed by atoms with E-state index in [1.54, 1.807) is 6.07 Å². The first kappa shape index (κ1) is 16.2. The molecule has 5 heteroatoms. The van der Waals surface area contributed by atoms with E-state index in [1.807, 2.05) is 30.3 Å².